The fourth-order valence-electron chi connectivity index (χ4n) is 2.95. The normalized spacial score (nSPS) is 11.7. The molecule has 0 aliphatic carbocycles. The number of Topliss-reactive ketones (excluding diaryl/α,β-unsaturated/α-hetero) is 1. The number of benzene rings is 1. The van der Waals surface area contributed by atoms with E-state index in [4.69, 9.17) is 5.73 Å². The third kappa shape index (κ3) is 3.28. The van der Waals surface area contributed by atoms with Crippen LogP contribution >= 0.6 is 0 Å². The minimum absolute atomic E-state index is 0.00905. The second-order valence-electron chi connectivity index (χ2n) is 6.27. The summed E-state index contributed by atoms with van der Waals surface area (Å²) in [6.45, 7) is 1.42. The van der Waals surface area contributed by atoms with Crippen molar-refractivity contribution in [2.75, 3.05) is 5.73 Å². The molecule has 7 nitrogen and oxygen atoms in total. The maximum absolute atomic E-state index is 13.6. The summed E-state index contributed by atoms with van der Waals surface area (Å²) in [5.74, 6) is -0.141. The highest BCUT2D eigenvalue weighted by atomic mass is 19.4. The van der Waals surface area contributed by atoms with Crippen molar-refractivity contribution < 1.29 is 18.0 Å². The molecule has 0 atom stereocenters. The van der Waals surface area contributed by atoms with Gasteiger partial charge in [-0.25, -0.2) is 0 Å². The zero-order valence-corrected chi connectivity index (χ0v) is 15.0. The molecule has 4 aromatic rings. The first kappa shape index (κ1) is 18.5. The van der Waals surface area contributed by atoms with Gasteiger partial charge in [-0.15, -0.1) is 10.2 Å². The average molecular weight is 398 g/mol. The molecule has 0 spiro atoms. The molecule has 4 rings (SSSR count). The third-order valence-corrected chi connectivity index (χ3v) is 4.35. The molecule has 0 saturated carbocycles. The number of ketones is 1. The van der Waals surface area contributed by atoms with Gasteiger partial charge in [0.05, 0.1) is 11.3 Å². The molecule has 0 fully saturated rings. The molecular formula is C19H13F3N6O. The lowest BCUT2D eigenvalue weighted by Gasteiger charge is -2.15. The van der Waals surface area contributed by atoms with Gasteiger partial charge in [0.25, 0.3) is 0 Å². The first-order chi connectivity index (χ1) is 13.8. The minimum atomic E-state index is -4.61. The number of carbonyl (C=O) groups excluding carboxylic acids is 1. The van der Waals surface area contributed by atoms with E-state index in [2.05, 4.69) is 20.3 Å². The Balaban J connectivity index is 2.02. The number of alkyl halides is 3. The van der Waals surface area contributed by atoms with Gasteiger partial charge in [-0.3, -0.25) is 9.78 Å². The van der Waals surface area contributed by atoms with E-state index in [0.29, 0.717) is 11.1 Å². The molecule has 0 aliphatic heterocycles. The van der Waals surface area contributed by atoms with Gasteiger partial charge in [0.1, 0.15) is 5.69 Å². The van der Waals surface area contributed by atoms with Crippen LogP contribution in [0.5, 0.6) is 0 Å². The van der Waals surface area contributed by atoms with E-state index in [-0.39, 0.29) is 34.3 Å². The summed E-state index contributed by atoms with van der Waals surface area (Å²) in [7, 11) is 0. The fraction of sp³-hybridized carbons (Fsp3) is 0.105. The second kappa shape index (κ2) is 6.66. The van der Waals surface area contributed by atoms with Gasteiger partial charge >= 0.3 is 6.18 Å². The molecule has 3 aromatic heterocycles. The standard InChI is InChI=1S/C19H13F3N6O/c1-10(29)11-4-6-12(7-5-11)16-13(9-15-25-26-18(23)28(15)27-16)17-14(19(20,21)22)3-2-8-24-17/h2-9H,1H3,(H2,23,26). The van der Waals surface area contributed by atoms with Gasteiger partial charge in [-0.05, 0) is 25.1 Å². The molecular weight excluding hydrogens is 385 g/mol. The highest BCUT2D eigenvalue weighted by molar-refractivity contribution is 5.94. The van der Waals surface area contributed by atoms with E-state index in [1.54, 1.807) is 24.3 Å². The molecule has 10 heteroatoms. The maximum Gasteiger partial charge on any atom is 0.418 e. The average Bonchev–Trinajstić information content (AvgIpc) is 3.06. The van der Waals surface area contributed by atoms with Gasteiger partial charge in [0, 0.05) is 22.9 Å². The summed E-state index contributed by atoms with van der Waals surface area (Å²) in [5, 5.41) is 11.9. The number of carbonyl (C=O) groups is 1. The van der Waals surface area contributed by atoms with Crippen molar-refractivity contribution in [2.24, 2.45) is 0 Å². The van der Waals surface area contributed by atoms with Crippen LogP contribution in [0.3, 0.4) is 0 Å². The van der Waals surface area contributed by atoms with E-state index < -0.39 is 11.7 Å². The van der Waals surface area contributed by atoms with Gasteiger partial charge < -0.3 is 5.73 Å². The van der Waals surface area contributed by atoms with Crippen LogP contribution in [-0.4, -0.2) is 30.6 Å². The zero-order valence-electron chi connectivity index (χ0n) is 15.0. The van der Waals surface area contributed by atoms with Crippen molar-refractivity contribution in [3.63, 3.8) is 0 Å². The predicted molar refractivity (Wildman–Crippen MR) is 98.9 cm³/mol. The molecule has 1 aromatic carbocycles. The number of rotatable bonds is 3. The van der Waals surface area contributed by atoms with Gasteiger partial charge in [-0.2, -0.15) is 22.8 Å². The number of nitrogens with two attached hydrogens (primary N) is 1. The van der Waals surface area contributed by atoms with Crippen LogP contribution < -0.4 is 5.73 Å². The Bertz CT molecular complexity index is 1230. The lowest BCUT2D eigenvalue weighted by molar-refractivity contribution is -0.137. The summed E-state index contributed by atoms with van der Waals surface area (Å²) < 4.78 is 42.0. The summed E-state index contributed by atoms with van der Waals surface area (Å²) in [6.07, 6.45) is -3.34. The maximum atomic E-state index is 13.6. The number of halogens is 3. The largest absolute Gasteiger partial charge is 0.418 e. The Morgan fingerprint density at radius 2 is 1.79 bits per heavy atom. The second-order valence-corrected chi connectivity index (χ2v) is 6.27. The Labute approximate surface area is 162 Å². The van der Waals surface area contributed by atoms with E-state index in [1.807, 2.05) is 0 Å². The number of anilines is 1. The number of pyridine rings is 1. The first-order valence-electron chi connectivity index (χ1n) is 8.41. The van der Waals surface area contributed by atoms with E-state index >= 15 is 0 Å². The number of nitrogens with zero attached hydrogens (tertiary/aromatic N) is 5. The third-order valence-electron chi connectivity index (χ3n) is 4.35. The monoisotopic (exact) mass is 398 g/mol. The fourth-order valence-corrected chi connectivity index (χ4v) is 2.95. The summed E-state index contributed by atoms with van der Waals surface area (Å²) in [4.78, 5) is 15.5. The van der Waals surface area contributed by atoms with Crippen LogP contribution in [0, 0.1) is 0 Å². The number of fused-ring (bicyclic) bond motifs is 1. The Hall–Kier alpha value is -3.82. The first-order valence-corrected chi connectivity index (χ1v) is 8.41. The van der Waals surface area contributed by atoms with Crippen LogP contribution in [0.4, 0.5) is 19.1 Å². The molecule has 3 heterocycles. The van der Waals surface area contributed by atoms with Crippen LogP contribution in [0.25, 0.3) is 28.2 Å². The Morgan fingerprint density at radius 1 is 1.07 bits per heavy atom. The van der Waals surface area contributed by atoms with Crippen molar-refractivity contribution in [3.05, 3.63) is 59.8 Å². The summed E-state index contributed by atoms with van der Waals surface area (Å²) in [5.41, 5.74) is 6.02. The van der Waals surface area contributed by atoms with E-state index in [1.165, 1.54) is 29.8 Å². The van der Waals surface area contributed by atoms with Crippen LogP contribution in [0.2, 0.25) is 0 Å². The molecule has 146 valence electrons. The SMILES string of the molecule is CC(=O)c1ccc(-c2nn3c(N)nnc3cc2-c2ncccc2C(F)(F)F)cc1. The quantitative estimate of drug-likeness (QED) is 0.529. The highest BCUT2D eigenvalue weighted by Crippen LogP contribution is 2.39. The summed E-state index contributed by atoms with van der Waals surface area (Å²) >= 11 is 0. The van der Waals surface area contributed by atoms with Gasteiger partial charge in [0.2, 0.25) is 5.95 Å². The number of aromatic nitrogens is 5. The molecule has 0 unspecified atom stereocenters. The summed E-state index contributed by atoms with van der Waals surface area (Å²) in [6, 6.07) is 9.93. The van der Waals surface area contributed by atoms with Crippen LogP contribution in [0.15, 0.2) is 48.7 Å². The molecule has 0 radical (unpaired) electrons. The van der Waals surface area contributed by atoms with Crippen molar-refractivity contribution in [1.29, 1.82) is 0 Å². The van der Waals surface area contributed by atoms with Crippen molar-refractivity contribution in [1.82, 2.24) is 24.8 Å². The predicted octanol–water partition coefficient (Wildman–Crippen LogP) is 3.66. The zero-order chi connectivity index (χ0) is 20.8. The molecule has 0 amide bonds. The topological polar surface area (TPSA) is 99.1 Å². The molecule has 0 aliphatic rings. The lowest BCUT2D eigenvalue weighted by Crippen LogP contribution is -2.10. The molecule has 0 bridgehead atoms. The molecule has 2 N–H and O–H groups in total. The molecule has 0 saturated heterocycles. The smallest absolute Gasteiger partial charge is 0.366 e. The number of hydrogen-bond donors (Lipinski definition) is 1. The minimum Gasteiger partial charge on any atom is -0.366 e. The molecule has 29 heavy (non-hydrogen) atoms. The lowest BCUT2D eigenvalue weighted by atomic mass is 9.99. The van der Waals surface area contributed by atoms with E-state index in [0.717, 1.165) is 6.07 Å². The number of hydrogen-bond acceptors (Lipinski definition) is 6. The van der Waals surface area contributed by atoms with Crippen LogP contribution in [-0.2, 0) is 6.18 Å². The van der Waals surface area contributed by atoms with Crippen molar-refractivity contribution in [3.8, 4) is 22.5 Å². The highest BCUT2D eigenvalue weighted by Gasteiger charge is 2.35. The van der Waals surface area contributed by atoms with Gasteiger partial charge in [-0.1, -0.05) is 24.3 Å². The number of nitrogen functional groups attached to an aromatic ring is 1. The Morgan fingerprint density at radius 3 is 2.45 bits per heavy atom. The van der Waals surface area contributed by atoms with Gasteiger partial charge in [0.15, 0.2) is 11.4 Å². The van der Waals surface area contributed by atoms with E-state index in [9.17, 15) is 18.0 Å². The van der Waals surface area contributed by atoms with Crippen molar-refractivity contribution in [2.45, 2.75) is 13.1 Å². The van der Waals surface area contributed by atoms with Crippen LogP contribution in [0.1, 0.15) is 22.8 Å². The Kier molecular flexibility index (Phi) is 4.26. The van der Waals surface area contributed by atoms with Crippen molar-refractivity contribution >= 4 is 17.4 Å².